The molecule has 102 valence electrons. The van der Waals surface area contributed by atoms with Crippen LogP contribution < -0.4 is 10.5 Å². The highest BCUT2D eigenvalue weighted by molar-refractivity contribution is 9.10. The first-order valence-electron chi connectivity index (χ1n) is 6.46. The molecule has 0 unspecified atom stereocenters. The van der Waals surface area contributed by atoms with E-state index in [1.807, 2.05) is 6.07 Å². The van der Waals surface area contributed by atoms with E-state index in [0.29, 0.717) is 6.54 Å². The van der Waals surface area contributed by atoms with Gasteiger partial charge in [0.1, 0.15) is 5.75 Å². The highest BCUT2D eigenvalue weighted by atomic mass is 79.9. The number of methoxy groups -OCH3 is 1. The van der Waals surface area contributed by atoms with Gasteiger partial charge >= 0.3 is 0 Å². The zero-order chi connectivity index (χ0) is 13.4. The third-order valence-corrected chi connectivity index (χ3v) is 3.52. The maximum atomic E-state index is 5.66. The summed E-state index contributed by atoms with van der Waals surface area (Å²) in [6.45, 7) is 5.92. The lowest BCUT2D eigenvalue weighted by Gasteiger charge is -2.21. The standard InChI is InChI=1S/C14H23BrN2O/c1-3-4-8-17(9-7-16)11-12-5-6-14(18-2)13(15)10-12/h5-6,10H,3-4,7-9,11,16H2,1-2H3. The van der Waals surface area contributed by atoms with Crippen molar-refractivity contribution in [3.05, 3.63) is 28.2 Å². The highest BCUT2D eigenvalue weighted by Crippen LogP contribution is 2.26. The van der Waals surface area contributed by atoms with Gasteiger partial charge in [0.15, 0.2) is 0 Å². The Kier molecular flexibility index (Phi) is 7.32. The van der Waals surface area contributed by atoms with Gasteiger partial charge in [-0.15, -0.1) is 0 Å². The van der Waals surface area contributed by atoms with Crippen LogP contribution in [0.2, 0.25) is 0 Å². The summed E-state index contributed by atoms with van der Waals surface area (Å²) >= 11 is 3.52. The van der Waals surface area contributed by atoms with Gasteiger partial charge in [-0.05, 0) is 46.6 Å². The molecule has 18 heavy (non-hydrogen) atoms. The molecule has 4 heteroatoms. The Bertz CT molecular complexity index is 358. The lowest BCUT2D eigenvalue weighted by molar-refractivity contribution is 0.268. The van der Waals surface area contributed by atoms with Crippen LogP contribution in [0.15, 0.2) is 22.7 Å². The van der Waals surface area contributed by atoms with Crippen molar-refractivity contribution >= 4 is 15.9 Å². The van der Waals surface area contributed by atoms with Crippen LogP contribution >= 0.6 is 15.9 Å². The predicted molar refractivity (Wildman–Crippen MR) is 79.9 cm³/mol. The number of nitrogens with two attached hydrogens (primary N) is 1. The molecule has 1 aromatic rings. The number of rotatable bonds is 8. The number of benzene rings is 1. The molecule has 0 heterocycles. The van der Waals surface area contributed by atoms with Crippen molar-refractivity contribution in [3.8, 4) is 5.75 Å². The van der Waals surface area contributed by atoms with Crippen LogP contribution in [0.3, 0.4) is 0 Å². The Morgan fingerprint density at radius 1 is 1.33 bits per heavy atom. The van der Waals surface area contributed by atoms with Crippen LogP contribution in [0, 0.1) is 0 Å². The van der Waals surface area contributed by atoms with Crippen molar-refractivity contribution in [1.29, 1.82) is 0 Å². The average molecular weight is 315 g/mol. The molecule has 3 nitrogen and oxygen atoms in total. The van der Waals surface area contributed by atoms with E-state index >= 15 is 0 Å². The summed E-state index contributed by atoms with van der Waals surface area (Å²) in [7, 11) is 1.68. The highest BCUT2D eigenvalue weighted by Gasteiger charge is 2.07. The Morgan fingerprint density at radius 3 is 2.67 bits per heavy atom. The molecular formula is C14H23BrN2O. The molecule has 0 aliphatic heterocycles. The maximum absolute atomic E-state index is 5.66. The van der Waals surface area contributed by atoms with E-state index in [1.165, 1.54) is 18.4 Å². The van der Waals surface area contributed by atoms with Crippen molar-refractivity contribution in [2.24, 2.45) is 5.73 Å². The lowest BCUT2D eigenvalue weighted by atomic mass is 10.2. The molecule has 1 aromatic carbocycles. The monoisotopic (exact) mass is 314 g/mol. The number of hydrogen-bond donors (Lipinski definition) is 1. The first-order chi connectivity index (χ1) is 8.71. The van der Waals surface area contributed by atoms with Crippen molar-refractivity contribution in [1.82, 2.24) is 4.90 Å². The first kappa shape index (κ1) is 15.5. The number of hydrogen-bond acceptors (Lipinski definition) is 3. The third-order valence-electron chi connectivity index (χ3n) is 2.90. The van der Waals surface area contributed by atoms with Gasteiger partial charge in [0.25, 0.3) is 0 Å². The molecule has 0 spiro atoms. The maximum Gasteiger partial charge on any atom is 0.133 e. The Morgan fingerprint density at radius 2 is 2.11 bits per heavy atom. The van der Waals surface area contributed by atoms with E-state index in [0.717, 1.165) is 29.9 Å². The van der Waals surface area contributed by atoms with Gasteiger partial charge in [-0.25, -0.2) is 0 Å². The Hall–Kier alpha value is -0.580. The molecule has 0 atom stereocenters. The van der Waals surface area contributed by atoms with E-state index in [2.05, 4.69) is 39.9 Å². The normalized spacial score (nSPS) is 10.9. The molecule has 0 saturated carbocycles. The van der Waals surface area contributed by atoms with Gasteiger partial charge in [-0.2, -0.15) is 0 Å². The summed E-state index contributed by atoms with van der Waals surface area (Å²) in [6.07, 6.45) is 2.44. The molecule has 0 aliphatic carbocycles. The van der Waals surface area contributed by atoms with E-state index in [4.69, 9.17) is 10.5 Å². The molecule has 0 fully saturated rings. The summed E-state index contributed by atoms with van der Waals surface area (Å²) in [5.74, 6) is 0.873. The second kappa shape index (κ2) is 8.51. The molecule has 0 radical (unpaired) electrons. The van der Waals surface area contributed by atoms with Crippen molar-refractivity contribution in [2.45, 2.75) is 26.3 Å². The SMILES string of the molecule is CCCCN(CCN)Cc1ccc(OC)c(Br)c1. The summed E-state index contributed by atoms with van der Waals surface area (Å²) < 4.78 is 6.24. The predicted octanol–water partition coefficient (Wildman–Crippen LogP) is 3.02. The largest absolute Gasteiger partial charge is 0.496 e. The minimum Gasteiger partial charge on any atom is -0.496 e. The Balaban J connectivity index is 2.64. The zero-order valence-corrected chi connectivity index (χ0v) is 12.9. The lowest BCUT2D eigenvalue weighted by Crippen LogP contribution is -2.30. The van der Waals surface area contributed by atoms with Gasteiger partial charge in [0.2, 0.25) is 0 Å². The average Bonchev–Trinajstić information content (AvgIpc) is 2.36. The van der Waals surface area contributed by atoms with E-state index < -0.39 is 0 Å². The summed E-state index contributed by atoms with van der Waals surface area (Å²) in [5, 5.41) is 0. The summed E-state index contributed by atoms with van der Waals surface area (Å²) in [5.41, 5.74) is 6.94. The van der Waals surface area contributed by atoms with Gasteiger partial charge in [0, 0.05) is 19.6 Å². The molecule has 0 amide bonds. The fraction of sp³-hybridized carbons (Fsp3) is 0.571. The van der Waals surface area contributed by atoms with Crippen LogP contribution in [0.4, 0.5) is 0 Å². The van der Waals surface area contributed by atoms with E-state index in [9.17, 15) is 0 Å². The number of nitrogens with zero attached hydrogens (tertiary/aromatic N) is 1. The van der Waals surface area contributed by atoms with Gasteiger partial charge < -0.3 is 10.5 Å². The summed E-state index contributed by atoms with van der Waals surface area (Å²) in [4.78, 5) is 2.40. The summed E-state index contributed by atoms with van der Waals surface area (Å²) in [6, 6.07) is 6.23. The topological polar surface area (TPSA) is 38.5 Å². The second-order valence-corrected chi connectivity index (χ2v) is 5.24. The van der Waals surface area contributed by atoms with Crippen LogP contribution in [0.1, 0.15) is 25.3 Å². The minimum atomic E-state index is 0.709. The number of halogens is 1. The number of ether oxygens (including phenoxy) is 1. The van der Waals surface area contributed by atoms with Gasteiger partial charge in [0.05, 0.1) is 11.6 Å². The third kappa shape index (κ3) is 4.96. The quantitative estimate of drug-likeness (QED) is 0.801. The van der Waals surface area contributed by atoms with E-state index in [1.54, 1.807) is 7.11 Å². The molecule has 1 rings (SSSR count). The van der Waals surface area contributed by atoms with Crippen LogP contribution in [-0.4, -0.2) is 31.6 Å². The molecule has 0 bridgehead atoms. The fourth-order valence-corrected chi connectivity index (χ4v) is 2.49. The van der Waals surface area contributed by atoms with E-state index in [-0.39, 0.29) is 0 Å². The fourth-order valence-electron chi connectivity index (χ4n) is 1.90. The zero-order valence-electron chi connectivity index (χ0n) is 11.3. The number of unbranched alkanes of at least 4 members (excludes halogenated alkanes) is 1. The molecule has 0 aromatic heterocycles. The molecule has 0 saturated heterocycles. The van der Waals surface area contributed by atoms with Crippen LogP contribution in [-0.2, 0) is 6.54 Å². The van der Waals surface area contributed by atoms with Crippen molar-refractivity contribution in [2.75, 3.05) is 26.7 Å². The molecular weight excluding hydrogens is 292 g/mol. The molecule has 2 N–H and O–H groups in total. The van der Waals surface area contributed by atoms with Crippen molar-refractivity contribution < 1.29 is 4.74 Å². The van der Waals surface area contributed by atoms with Gasteiger partial charge in [-0.3, -0.25) is 4.90 Å². The van der Waals surface area contributed by atoms with Crippen molar-refractivity contribution in [3.63, 3.8) is 0 Å². The Labute approximate surface area is 118 Å². The molecule has 0 aliphatic rings. The van der Waals surface area contributed by atoms with Crippen LogP contribution in [0.5, 0.6) is 5.75 Å². The first-order valence-corrected chi connectivity index (χ1v) is 7.25. The van der Waals surface area contributed by atoms with Gasteiger partial charge in [-0.1, -0.05) is 19.4 Å². The second-order valence-electron chi connectivity index (χ2n) is 4.39. The minimum absolute atomic E-state index is 0.709. The van der Waals surface area contributed by atoms with Crippen LogP contribution in [0.25, 0.3) is 0 Å². The smallest absolute Gasteiger partial charge is 0.133 e.